The highest BCUT2D eigenvalue weighted by Crippen LogP contribution is 2.36. The number of unbranched alkanes of at least 4 members (excludes halogenated alkanes) is 1. The van der Waals surface area contributed by atoms with Crippen LogP contribution in [0.4, 0.5) is 11.6 Å². The summed E-state index contributed by atoms with van der Waals surface area (Å²) in [7, 11) is 2.16. The van der Waals surface area contributed by atoms with Crippen LogP contribution in [0.5, 0.6) is 0 Å². The first-order chi connectivity index (χ1) is 12.2. The normalized spacial score (nSPS) is 17.4. The van der Waals surface area contributed by atoms with Gasteiger partial charge in [-0.2, -0.15) is 5.26 Å². The van der Waals surface area contributed by atoms with E-state index in [0.29, 0.717) is 0 Å². The number of aromatic nitrogens is 1. The summed E-state index contributed by atoms with van der Waals surface area (Å²) in [6.07, 6.45) is 5.74. The molecule has 1 fully saturated rings. The van der Waals surface area contributed by atoms with Gasteiger partial charge in [0.15, 0.2) is 0 Å². The van der Waals surface area contributed by atoms with Crippen molar-refractivity contribution in [2.45, 2.75) is 52.5 Å². The number of rotatable bonds is 6. The Bertz CT molecular complexity index is 642. The van der Waals surface area contributed by atoms with E-state index in [2.05, 4.69) is 41.7 Å². The maximum Gasteiger partial charge on any atom is 0.149 e. The Morgan fingerprint density at radius 2 is 1.92 bits per heavy atom. The summed E-state index contributed by atoms with van der Waals surface area (Å²) in [6, 6.07) is 2.51. The van der Waals surface area contributed by atoms with Gasteiger partial charge < -0.3 is 14.7 Å². The van der Waals surface area contributed by atoms with E-state index in [1.54, 1.807) is 0 Å². The van der Waals surface area contributed by atoms with Crippen molar-refractivity contribution >= 4 is 11.6 Å². The Morgan fingerprint density at radius 1 is 1.16 bits per heavy atom. The molecule has 0 aromatic carbocycles. The molecule has 0 saturated carbocycles. The molecule has 1 saturated heterocycles. The van der Waals surface area contributed by atoms with Gasteiger partial charge in [0.05, 0.1) is 5.56 Å². The lowest BCUT2D eigenvalue weighted by Crippen LogP contribution is -2.33. The van der Waals surface area contributed by atoms with Gasteiger partial charge in [-0.1, -0.05) is 13.3 Å². The zero-order chi connectivity index (χ0) is 17.8. The number of hydrogen-bond acceptors (Lipinski definition) is 5. The number of pyridine rings is 1. The monoisotopic (exact) mass is 341 g/mol. The lowest BCUT2D eigenvalue weighted by Gasteiger charge is -2.33. The minimum atomic E-state index is 0.823. The number of anilines is 2. The highest BCUT2D eigenvalue weighted by molar-refractivity contribution is 5.67. The third-order valence-corrected chi connectivity index (χ3v) is 5.52. The fourth-order valence-electron chi connectivity index (χ4n) is 4.04. The topological polar surface area (TPSA) is 46.4 Å². The fourth-order valence-corrected chi connectivity index (χ4v) is 4.04. The first-order valence-corrected chi connectivity index (χ1v) is 9.83. The summed E-state index contributed by atoms with van der Waals surface area (Å²) in [5.41, 5.74) is 3.37. The van der Waals surface area contributed by atoms with Gasteiger partial charge in [-0.15, -0.1) is 0 Å². The summed E-state index contributed by atoms with van der Waals surface area (Å²) < 4.78 is 0. The third kappa shape index (κ3) is 3.59. The second-order valence-corrected chi connectivity index (χ2v) is 7.32. The molecule has 136 valence electrons. The van der Waals surface area contributed by atoms with Gasteiger partial charge in [-0.05, 0) is 45.2 Å². The fraction of sp³-hybridized carbons (Fsp3) is 0.700. The van der Waals surface area contributed by atoms with Crippen molar-refractivity contribution < 1.29 is 0 Å². The van der Waals surface area contributed by atoms with Gasteiger partial charge in [0.2, 0.25) is 0 Å². The molecule has 0 amide bonds. The lowest BCUT2D eigenvalue weighted by atomic mass is 9.95. The second-order valence-electron chi connectivity index (χ2n) is 7.32. The Labute approximate surface area is 152 Å². The molecule has 3 rings (SSSR count). The van der Waals surface area contributed by atoms with E-state index in [4.69, 9.17) is 4.98 Å². The third-order valence-electron chi connectivity index (χ3n) is 5.52. The first kappa shape index (κ1) is 18.0. The van der Waals surface area contributed by atoms with Gasteiger partial charge in [-0.3, -0.25) is 0 Å². The second kappa shape index (κ2) is 8.05. The summed E-state index contributed by atoms with van der Waals surface area (Å²) in [4.78, 5) is 12.2. The molecule has 0 N–H and O–H groups in total. The van der Waals surface area contributed by atoms with Gasteiger partial charge in [0.1, 0.15) is 17.7 Å². The molecule has 1 aromatic heterocycles. The molecule has 0 bridgehead atoms. The SMILES string of the molecule is CCCCN(CC)c1nc(N2CCCC2)c2c(c1C#N)CCN(C)C2. The maximum atomic E-state index is 9.92. The van der Waals surface area contributed by atoms with E-state index in [1.165, 1.54) is 24.0 Å². The van der Waals surface area contributed by atoms with E-state index >= 15 is 0 Å². The average Bonchev–Trinajstić information content (AvgIpc) is 3.16. The Morgan fingerprint density at radius 3 is 2.56 bits per heavy atom. The number of fused-ring (bicyclic) bond motifs is 1. The van der Waals surface area contributed by atoms with Crippen LogP contribution in [-0.4, -0.2) is 49.7 Å². The molecule has 0 spiro atoms. The Balaban J connectivity index is 2.11. The van der Waals surface area contributed by atoms with Crippen LogP contribution in [0.1, 0.15) is 56.2 Å². The standard InChI is InChI=1S/C20H31N5/c1-4-6-10-24(5-2)19-17(14-21)16-9-13-23(3)15-18(16)20(22-19)25-11-7-8-12-25/h4-13,15H2,1-3H3. The molecule has 5 heteroatoms. The molecule has 0 atom stereocenters. The quantitative estimate of drug-likeness (QED) is 0.795. The van der Waals surface area contributed by atoms with E-state index in [-0.39, 0.29) is 0 Å². The molecule has 25 heavy (non-hydrogen) atoms. The Hall–Kier alpha value is -1.80. The minimum Gasteiger partial charge on any atom is -0.356 e. The zero-order valence-electron chi connectivity index (χ0n) is 16.0. The van der Waals surface area contributed by atoms with E-state index in [0.717, 1.165) is 75.7 Å². The molecule has 1 aromatic rings. The van der Waals surface area contributed by atoms with Crippen LogP contribution in [0.15, 0.2) is 0 Å². The molecule has 0 aliphatic carbocycles. The maximum absolute atomic E-state index is 9.92. The van der Waals surface area contributed by atoms with Crippen LogP contribution in [0.25, 0.3) is 0 Å². The molecule has 2 aliphatic rings. The van der Waals surface area contributed by atoms with Crippen LogP contribution in [0.2, 0.25) is 0 Å². The zero-order valence-corrected chi connectivity index (χ0v) is 16.0. The van der Waals surface area contributed by atoms with E-state index < -0.39 is 0 Å². The van der Waals surface area contributed by atoms with E-state index in [9.17, 15) is 5.26 Å². The van der Waals surface area contributed by atoms with Crippen LogP contribution < -0.4 is 9.80 Å². The number of likely N-dealkylation sites (N-methyl/N-ethyl adjacent to an activating group) is 1. The van der Waals surface area contributed by atoms with Crippen LogP contribution in [0, 0.1) is 11.3 Å². The summed E-state index contributed by atoms with van der Waals surface area (Å²) >= 11 is 0. The lowest BCUT2D eigenvalue weighted by molar-refractivity contribution is 0.312. The minimum absolute atomic E-state index is 0.823. The van der Waals surface area contributed by atoms with E-state index in [1.807, 2.05) is 0 Å². The predicted molar refractivity (Wildman–Crippen MR) is 103 cm³/mol. The Kier molecular flexibility index (Phi) is 5.80. The van der Waals surface area contributed by atoms with Crippen molar-refractivity contribution in [3.63, 3.8) is 0 Å². The van der Waals surface area contributed by atoms with Crippen molar-refractivity contribution in [3.8, 4) is 6.07 Å². The van der Waals surface area contributed by atoms with Gasteiger partial charge in [-0.25, -0.2) is 4.98 Å². The molecule has 3 heterocycles. The van der Waals surface area contributed by atoms with Crippen LogP contribution >= 0.6 is 0 Å². The van der Waals surface area contributed by atoms with Crippen molar-refractivity contribution in [2.24, 2.45) is 0 Å². The van der Waals surface area contributed by atoms with Crippen molar-refractivity contribution in [2.75, 3.05) is 49.6 Å². The smallest absolute Gasteiger partial charge is 0.149 e. The van der Waals surface area contributed by atoms with Crippen LogP contribution in [-0.2, 0) is 13.0 Å². The van der Waals surface area contributed by atoms with Gasteiger partial charge in [0.25, 0.3) is 0 Å². The largest absolute Gasteiger partial charge is 0.356 e. The molecular weight excluding hydrogens is 310 g/mol. The highest BCUT2D eigenvalue weighted by Gasteiger charge is 2.29. The predicted octanol–water partition coefficient (Wildman–Crippen LogP) is 3.17. The van der Waals surface area contributed by atoms with Gasteiger partial charge in [0, 0.05) is 44.8 Å². The number of nitrogens with zero attached hydrogens (tertiary/aromatic N) is 5. The van der Waals surface area contributed by atoms with Gasteiger partial charge >= 0.3 is 0 Å². The number of nitriles is 1. The number of hydrogen-bond donors (Lipinski definition) is 0. The molecular formula is C20H31N5. The molecule has 2 aliphatic heterocycles. The van der Waals surface area contributed by atoms with Crippen LogP contribution in [0.3, 0.4) is 0 Å². The van der Waals surface area contributed by atoms with Crippen molar-refractivity contribution in [1.82, 2.24) is 9.88 Å². The summed E-state index contributed by atoms with van der Waals surface area (Å²) in [6.45, 7) is 10.4. The first-order valence-electron chi connectivity index (χ1n) is 9.83. The molecule has 5 nitrogen and oxygen atoms in total. The average molecular weight is 342 g/mol. The van der Waals surface area contributed by atoms with Crippen molar-refractivity contribution in [1.29, 1.82) is 5.26 Å². The molecule has 0 radical (unpaired) electrons. The summed E-state index contributed by atoms with van der Waals surface area (Å²) in [5.74, 6) is 2.06. The highest BCUT2D eigenvalue weighted by atomic mass is 15.3. The summed E-state index contributed by atoms with van der Waals surface area (Å²) in [5, 5.41) is 9.92. The van der Waals surface area contributed by atoms with Crippen molar-refractivity contribution in [3.05, 3.63) is 16.7 Å². The molecule has 0 unspecified atom stereocenters.